The van der Waals surface area contributed by atoms with Gasteiger partial charge in [0, 0.05) is 12.8 Å². The molecule has 0 aromatic carbocycles. The first kappa shape index (κ1) is 58.9. The molecule has 0 radical (unpaired) electrons. The van der Waals surface area contributed by atoms with Crippen molar-refractivity contribution in [1.82, 2.24) is 5.32 Å². The number of unbranched alkanes of at least 4 members (excludes halogenated alkanes) is 40. The van der Waals surface area contributed by atoms with Crippen LogP contribution in [0.1, 0.15) is 309 Å². The quantitative estimate of drug-likeness (QED) is 0.0418. The number of aliphatic hydroxyl groups excluding tert-OH is 2. The number of carbonyl (C=O) groups is 2. The number of aliphatic hydroxyl groups is 2. The molecule has 60 heavy (non-hydrogen) atoms. The van der Waals surface area contributed by atoms with Crippen LogP contribution in [0.5, 0.6) is 0 Å². The fourth-order valence-electron chi connectivity index (χ4n) is 8.70. The fourth-order valence-corrected chi connectivity index (χ4v) is 8.70. The van der Waals surface area contributed by atoms with Crippen LogP contribution < -0.4 is 5.32 Å². The molecule has 2 atom stereocenters. The molecule has 0 bridgehead atoms. The topological polar surface area (TPSA) is 95.9 Å². The molecule has 6 nitrogen and oxygen atoms in total. The van der Waals surface area contributed by atoms with E-state index in [1.54, 1.807) is 0 Å². The van der Waals surface area contributed by atoms with E-state index in [4.69, 9.17) is 4.74 Å². The van der Waals surface area contributed by atoms with Crippen LogP contribution in [0.15, 0.2) is 0 Å². The van der Waals surface area contributed by atoms with Crippen LogP contribution in [0.25, 0.3) is 0 Å². The highest BCUT2D eigenvalue weighted by Gasteiger charge is 2.20. The highest BCUT2D eigenvalue weighted by molar-refractivity contribution is 5.76. The maximum atomic E-state index is 12.5. The number of rotatable bonds is 51. The van der Waals surface area contributed by atoms with E-state index < -0.39 is 12.1 Å². The van der Waals surface area contributed by atoms with Crippen molar-refractivity contribution in [2.24, 2.45) is 0 Å². The van der Waals surface area contributed by atoms with Crippen molar-refractivity contribution < 1.29 is 24.5 Å². The summed E-state index contributed by atoms with van der Waals surface area (Å²) in [5.41, 5.74) is 0. The first-order valence-electron chi connectivity index (χ1n) is 27.3. The molecule has 0 rings (SSSR count). The number of ether oxygens (including phenoxy) is 1. The van der Waals surface area contributed by atoms with E-state index in [1.165, 1.54) is 218 Å². The smallest absolute Gasteiger partial charge is 0.305 e. The summed E-state index contributed by atoms with van der Waals surface area (Å²) in [5, 5.41) is 23.3. The number of carbonyl (C=O) groups excluding carboxylic acids is 2. The molecule has 0 saturated heterocycles. The molecular formula is C54H107NO5. The average molecular weight is 850 g/mol. The molecule has 0 heterocycles. The van der Waals surface area contributed by atoms with Crippen molar-refractivity contribution in [1.29, 1.82) is 0 Å². The zero-order valence-electron chi connectivity index (χ0n) is 40.7. The van der Waals surface area contributed by atoms with Crippen molar-refractivity contribution in [3.8, 4) is 0 Å². The van der Waals surface area contributed by atoms with Gasteiger partial charge in [-0.25, -0.2) is 0 Å². The number of hydrogen-bond acceptors (Lipinski definition) is 5. The Hall–Kier alpha value is -1.14. The van der Waals surface area contributed by atoms with Gasteiger partial charge in [0.05, 0.1) is 25.4 Å². The highest BCUT2D eigenvalue weighted by atomic mass is 16.5. The largest absolute Gasteiger partial charge is 0.466 e. The zero-order valence-corrected chi connectivity index (χ0v) is 40.7. The lowest BCUT2D eigenvalue weighted by atomic mass is 10.0. The van der Waals surface area contributed by atoms with Crippen molar-refractivity contribution >= 4 is 11.9 Å². The van der Waals surface area contributed by atoms with E-state index in [2.05, 4.69) is 19.2 Å². The number of nitrogens with one attached hydrogen (secondary N) is 1. The van der Waals surface area contributed by atoms with Gasteiger partial charge >= 0.3 is 5.97 Å². The predicted molar refractivity (Wildman–Crippen MR) is 260 cm³/mol. The van der Waals surface area contributed by atoms with Crippen LogP contribution in [0, 0.1) is 0 Å². The van der Waals surface area contributed by atoms with Crippen molar-refractivity contribution in [3.05, 3.63) is 0 Å². The molecule has 0 fully saturated rings. The van der Waals surface area contributed by atoms with Crippen molar-refractivity contribution in [3.63, 3.8) is 0 Å². The van der Waals surface area contributed by atoms with Gasteiger partial charge in [0.15, 0.2) is 0 Å². The van der Waals surface area contributed by atoms with E-state index >= 15 is 0 Å². The van der Waals surface area contributed by atoms with E-state index in [-0.39, 0.29) is 18.5 Å². The number of amides is 1. The van der Waals surface area contributed by atoms with Crippen LogP contribution in [-0.4, -0.2) is 47.4 Å². The molecule has 0 aromatic rings. The SMILES string of the molecule is CCCCCCCCCCCCCCCCCCCC(O)C(CO)NC(=O)CCCCCCCCCCCCOC(=O)CCCCCCCCCCCCCCCCCC. The van der Waals surface area contributed by atoms with Gasteiger partial charge in [-0.15, -0.1) is 0 Å². The van der Waals surface area contributed by atoms with E-state index in [0.717, 1.165) is 57.8 Å². The van der Waals surface area contributed by atoms with E-state index in [1.807, 2.05) is 0 Å². The molecule has 0 saturated carbocycles. The third-order valence-corrected chi connectivity index (χ3v) is 12.9. The average Bonchev–Trinajstić information content (AvgIpc) is 3.25. The Balaban J connectivity index is 3.45. The lowest BCUT2D eigenvalue weighted by Crippen LogP contribution is -2.45. The lowest BCUT2D eigenvalue weighted by Gasteiger charge is -2.22. The Morgan fingerprint density at radius 3 is 1.02 bits per heavy atom. The Morgan fingerprint density at radius 2 is 0.683 bits per heavy atom. The van der Waals surface area contributed by atoms with E-state index in [0.29, 0.717) is 25.9 Å². The first-order chi connectivity index (χ1) is 29.5. The summed E-state index contributed by atoms with van der Waals surface area (Å²) >= 11 is 0. The minimum absolute atomic E-state index is 0.0143. The molecule has 0 aromatic heterocycles. The van der Waals surface area contributed by atoms with Crippen LogP contribution >= 0.6 is 0 Å². The summed E-state index contributed by atoms with van der Waals surface area (Å²) in [6.45, 7) is 4.93. The van der Waals surface area contributed by atoms with E-state index in [9.17, 15) is 19.8 Å². The van der Waals surface area contributed by atoms with Gasteiger partial charge in [-0.2, -0.15) is 0 Å². The van der Waals surface area contributed by atoms with Gasteiger partial charge in [-0.3, -0.25) is 9.59 Å². The second-order valence-electron chi connectivity index (χ2n) is 18.9. The summed E-state index contributed by atoms with van der Waals surface area (Å²) in [6.07, 6.45) is 56.5. The summed E-state index contributed by atoms with van der Waals surface area (Å²) in [5.74, 6) is -0.0686. The Kier molecular flexibility index (Phi) is 49.5. The fraction of sp³-hybridized carbons (Fsp3) is 0.963. The van der Waals surface area contributed by atoms with Crippen LogP contribution in [-0.2, 0) is 14.3 Å². The molecule has 6 heteroatoms. The summed E-state index contributed by atoms with van der Waals surface area (Å²) in [6, 6.07) is -0.556. The Bertz CT molecular complexity index is 852. The van der Waals surface area contributed by atoms with Gasteiger partial charge in [-0.1, -0.05) is 271 Å². The van der Waals surface area contributed by atoms with Gasteiger partial charge in [0.25, 0.3) is 0 Å². The molecule has 3 N–H and O–H groups in total. The normalized spacial score (nSPS) is 12.5. The van der Waals surface area contributed by atoms with Crippen molar-refractivity contribution in [2.45, 2.75) is 321 Å². The summed E-state index contributed by atoms with van der Waals surface area (Å²) in [4.78, 5) is 24.5. The molecule has 1 amide bonds. The second-order valence-corrected chi connectivity index (χ2v) is 18.9. The minimum Gasteiger partial charge on any atom is -0.466 e. The minimum atomic E-state index is -0.677. The first-order valence-corrected chi connectivity index (χ1v) is 27.3. The van der Waals surface area contributed by atoms with Crippen LogP contribution in [0.4, 0.5) is 0 Å². The van der Waals surface area contributed by atoms with Crippen molar-refractivity contribution in [2.75, 3.05) is 13.2 Å². The molecule has 0 aliphatic carbocycles. The molecular weight excluding hydrogens is 743 g/mol. The lowest BCUT2D eigenvalue weighted by molar-refractivity contribution is -0.143. The Morgan fingerprint density at radius 1 is 0.400 bits per heavy atom. The zero-order chi connectivity index (χ0) is 43.7. The monoisotopic (exact) mass is 850 g/mol. The maximum absolute atomic E-state index is 12.5. The third kappa shape index (κ3) is 46.4. The van der Waals surface area contributed by atoms with Gasteiger partial charge in [-0.05, 0) is 25.7 Å². The van der Waals surface area contributed by atoms with Gasteiger partial charge in [0.2, 0.25) is 5.91 Å². The second kappa shape index (κ2) is 50.5. The van der Waals surface area contributed by atoms with Gasteiger partial charge < -0.3 is 20.3 Å². The molecule has 0 aliphatic rings. The molecule has 0 aliphatic heterocycles. The molecule has 0 spiro atoms. The number of esters is 1. The Labute approximate surface area is 375 Å². The van der Waals surface area contributed by atoms with Crippen LogP contribution in [0.2, 0.25) is 0 Å². The summed E-state index contributed by atoms with van der Waals surface area (Å²) < 4.78 is 5.47. The maximum Gasteiger partial charge on any atom is 0.305 e. The van der Waals surface area contributed by atoms with Gasteiger partial charge in [0.1, 0.15) is 0 Å². The highest BCUT2D eigenvalue weighted by Crippen LogP contribution is 2.17. The molecule has 358 valence electrons. The molecule has 2 unspecified atom stereocenters. The summed E-state index contributed by atoms with van der Waals surface area (Å²) in [7, 11) is 0. The standard InChI is InChI=1S/C54H107NO5/c1-3-5-7-9-11-13-15-17-19-21-22-24-26-30-34-38-42-46-52(57)51(50-56)55-53(58)47-43-39-35-31-28-29-33-37-41-45-49-60-54(59)48-44-40-36-32-27-25-23-20-18-16-14-12-10-8-6-4-2/h51-52,56-57H,3-50H2,1-2H3,(H,55,58). The third-order valence-electron chi connectivity index (χ3n) is 12.9. The van der Waals surface area contributed by atoms with Crippen LogP contribution in [0.3, 0.4) is 0 Å². The predicted octanol–water partition coefficient (Wildman–Crippen LogP) is 16.4. The number of hydrogen-bond donors (Lipinski definition) is 3.